The zero-order valence-corrected chi connectivity index (χ0v) is 15.6. The number of pyridine rings is 1. The van der Waals surface area contributed by atoms with Crippen molar-refractivity contribution >= 4 is 17.5 Å². The highest BCUT2D eigenvalue weighted by Crippen LogP contribution is 2.26. The van der Waals surface area contributed by atoms with Crippen LogP contribution in [0, 0.1) is 5.82 Å². The minimum Gasteiger partial charge on any atom is -0.337 e. The Morgan fingerprint density at radius 1 is 1.14 bits per heavy atom. The van der Waals surface area contributed by atoms with Crippen LogP contribution in [0.4, 0.5) is 10.1 Å². The van der Waals surface area contributed by atoms with E-state index in [1.165, 1.54) is 30.5 Å². The quantitative estimate of drug-likeness (QED) is 0.712. The molecule has 29 heavy (non-hydrogen) atoms. The van der Waals surface area contributed by atoms with Gasteiger partial charge in [-0.1, -0.05) is 0 Å². The van der Waals surface area contributed by atoms with Gasteiger partial charge < -0.3 is 10.2 Å². The van der Waals surface area contributed by atoms with Crippen molar-refractivity contribution < 1.29 is 14.0 Å². The van der Waals surface area contributed by atoms with Crippen molar-refractivity contribution in [3.63, 3.8) is 0 Å². The summed E-state index contributed by atoms with van der Waals surface area (Å²) in [5, 5.41) is 9.26. The van der Waals surface area contributed by atoms with Gasteiger partial charge in [0.05, 0.1) is 5.56 Å². The molecule has 7 nitrogen and oxygen atoms in total. The zero-order valence-electron chi connectivity index (χ0n) is 15.6. The summed E-state index contributed by atoms with van der Waals surface area (Å²) >= 11 is 0. The van der Waals surface area contributed by atoms with Crippen LogP contribution in [0.15, 0.2) is 54.9 Å². The first-order valence-electron chi connectivity index (χ1n) is 9.41. The molecule has 1 fully saturated rings. The van der Waals surface area contributed by atoms with Gasteiger partial charge in [-0.3, -0.25) is 19.7 Å². The molecule has 1 aromatic carbocycles. The average Bonchev–Trinajstić information content (AvgIpc) is 3.30. The lowest BCUT2D eigenvalue weighted by Gasteiger charge is -2.32. The summed E-state index contributed by atoms with van der Waals surface area (Å²) in [6.45, 7) is 1.28. The molecule has 0 aliphatic carbocycles. The number of nitrogens with zero attached hydrogens (tertiary/aromatic N) is 3. The zero-order chi connectivity index (χ0) is 20.2. The van der Waals surface area contributed by atoms with Gasteiger partial charge in [0.1, 0.15) is 11.5 Å². The van der Waals surface area contributed by atoms with Gasteiger partial charge in [-0.2, -0.15) is 5.10 Å². The molecule has 0 spiro atoms. The number of carbonyl (C=O) groups is 2. The van der Waals surface area contributed by atoms with Crippen LogP contribution < -0.4 is 5.32 Å². The second kappa shape index (κ2) is 8.22. The third-order valence-electron chi connectivity index (χ3n) is 5.01. The van der Waals surface area contributed by atoms with E-state index in [0.717, 1.165) is 18.5 Å². The average molecular weight is 393 g/mol. The van der Waals surface area contributed by atoms with Crippen molar-refractivity contribution in [1.82, 2.24) is 20.1 Å². The number of rotatable bonds is 4. The summed E-state index contributed by atoms with van der Waals surface area (Å²) in [6, 6.07) is 10.8. The molecule has 2 aromatic heterocycles. The highest BCUT2D eigenvalue weighted by atomic mass is 19.1. The number of likely N-dealkylation sites (tertiary alicyclic amines) is 1. The molecule has 0 radical (unpaired) electrons. The van der Waals surface area contributed by atoms with Crippen molar-refractivity contribution in [2.24, 2.45) is 0 Å². The minimum absolute atomic E-state index is 0.0671. The molecule has 3 aromatic rings. The topological polar surface area (TPSA) is 91.0 Å². The Morgan fingerprint density at radius 2 is 1.97 bits per heavy atom. The van der Waals surface area contributed by atoms with Gasteiger partial charge in [0.2, 0.25) is 0 Å². The van der Waals surface area contributed by atoms with E-state index in [-0.39, 0.29) is 23.5 Å². The third kappa shape index (κ3) is 4.31. The smallest absolute Gasteiger partial charge is 0.271 e. The maximum absolute atomic E-state index is 13.0. The SMILES string of the molecule is O=C(Nc1ccc(F)cc1)c1ccc(C2CCCN(C(=O)c3ccn[nH]3)C2)nc1. The Morgan fingerprint density at radius 3 is 2.66 bits per heavy atom. The van der Waals surface area contributed by atoms with Crippen LogP contribution in [0.2, 0.25) is 0 Å². The van der Waals surface area contributed by atoms with Gasteiger partial charge in [-0.05, 0) is 55.3 Å². The number of hydrogen-bond donors (Lipinski definition) is 2. The molecule has 8 heteroatoms. The fourth-order valence-electron chi connectivity index (χ4n) is 3.47. The first kappa shape index (κ1) is 18.8. The summed E-state index contributed by atoms with van der Waals surface area (Å²) in [5.41, 5.74) is 2.26. The molecule has 4 rings (SSSR count). The third-order valence-corrected chi connectivity index (χ3v) is 5.01. The van der Waals surface area contributed by atoms with Crippen LogP contribution in [0.1, 0.15) is 45.3 Å². The Kier molecular flexibility index (Phi) is 5.33. The Hall–Kier alpha value is -3.55. The molecule has 1 aliphatic heterocycles. The van der Waals surface area contributed by atoms with Crippen molar-refractivity contribution in [2.45, 2.75) is 18.8 Å². The Balaban J connectivity index is 1.41. The van der Waals surface area contributed by atoms with E-state index in [1.54, 1.807) is 23.2 Å². The summed E-state index contributed by atoms with van der Waals surface area (Å²) in [4.78, 5) is 31.1. The first-order chi connectivity index (χ1) is 14.1. The van der Waals surface area contributed by atoms with E-state index >= 15 is 0 Å². The number of carbonyl (C=O) groups excluding carboxylic acids is 2. The molecular formula is C21H20FN5O2. The van der Waals surface area contributed by atoms with Crippen molar-refractivity contribution in [3.05, 3.63) is 77.6 Å². The van der Waals surface area contributed by atoms with Crippen LogP contribution in [0.3, 0.4) is 0 Å². The number of benzene rings is 1. The predicted molar refractivity (Wildman–Crippen MR) is 105 cm³/mol. The number of nitrogens with one attached hydrogen (secondary N) is 2. The van der Waals surface area contributed by atoms with Gasteiger partial charge in [-0.25, -0.2) is 4.39 Å². The van der Waals surface area contributed by atoms with E-state index in [0.29, 0.717) is 30.0 Å². The van der Waals surface area contributed by atoms with Crippen LogP contribution in [0.25, 0.3) is 0 Å². The minimum atomic E-state index is -0.360. The summed E-state index contributed by atoms with van der Waals surface area (Å²) in [6.07, 6.45) is 4.91. The molecule has 148 valence electrons. The molecule has 2 amide bonds. The fourth-order valence-corrected chi connectivity index (χ4v) is 3.47. The first-order valence-corrected chi connectivity index (χ1v) is 9.41. The highest BCUT2D eigenvalue weighted by molar-refractivity contribution is 6.04. The van der Waals surface area contributed by atoms with Crippen molar-refractivity contribution in [2.75, 3.05) is 18.4 Å². The number of amides is 2. The second-order valence-corrected chi connectivity index (χ2v) is 6.99. The van der Waals surface area contributed by atoms with Gasteiger partial charge >= 0.3 is 0 Å². The second-order valence-electron chi connectivity index (χ2n) is 6.99. The molecular weight excluding hydrogens is 373 g/mol. The molecule has 2 N–H and O–H groups in total. The van der Waals surface area contributed by atoms with E-state index in [1.807, 2.05) is 6.07 Å². The van der Waals surface area contributed by atoms with E-state index in [9.17, 15) is 14.0 Å². The summed E-state index contributed by atoms with van der Waals surface area (Å²) in [7, 11) is 0. The normalized spacial score (nSPS) is 16.4. The van der Waals surface area contributed by atoms with Crippen molar-refractivity contribution in [1.29, 1.82) is 0 Å². The predicted octanol–water partition coefficient (Wildman–Crippen LogP) is 3.22. The van der Waals surface area contributed by atoms with Gasteiger partial charge in [0.15, 0.2) is 0 Å². The number of aromatic amines is 1. The number of hydrogen-bond acceptors (Lipinski definition) is 4. The van der Waals surface area contributed by atoms with Gasteiger partial charge in [0.25, 0.3) is 11.8 Å². The summed E-state index contributed by atoms with van der Waals surface area (Å²) in [5.74, 6) is -0.621. The van der Waals surface area contributed by atoms with Gasteiger partial charge in [-0.15, -0.1) is 0 Å². The van der Waals surface area contributed by atoms with Crippen LogP contribution in [-0.4, -0.2) is 45.0 Å². The number of piperidine rings is 1. The Labute approximate surface area is 167 Å². The lowest BCUT2D eigenvalue weighted by Crippen LogP contribution is -2.39. The molecule has 3 heterocycles. The van der Waals surface area contributed by atoms with Crippen molar-refractivity contribution in [3.8, 4) is 0 Å². The van der Waals surface area contributed by atoms with E-state index < -0.39 is 0 Å². The largest absolute Gasteiger partial charge is 0.337 e. The molecule has 1 aliphatic rings. The maximum atomic E-state index is 13.0. The molecule has 0 saturated carbocycles. The molecule has 1 saturated heterocycles. The fraction of sp³-hybridized carbons (Fsp3) is 0.238. The number of aromatic nitrogens is 3. The highest BCUT2D eigenvalue weighted by Gasteiger charge is 2.27. The lowest BCUT2D eigenvalue weighted by molar-refractivity contribution is 0.0700. The monoisotopic (exact) mass is 393 g/mol. The van der Waals surface area contributed by atoms with Gasteiger partial charge in [0, 0.05) is 42.8 Å². The number of halogens is 1. The molecule has 1 atom stereocenters. The maximum Gasteiger partial charge on any atom is 0.271 e. The van der Waals surface area contributed by atoms with Crippen LogP contribution >= 0.6 is 0 Å². The standard InChI is InChI=1S/C21H20FN5O2/c22-16-4-6-17(7-5-16)25-20(28)14-3-8-18(23-12-14)15-2-1-11-27(13-15)21(29)19-9-10-24-26-19/h3-10,12,15H,1-2,11,13H2,(H,24,26)(H,25,28). The Bertz CT molecular complexity index is 987. The molecule has 0 bridgehead atoms. The summed E-state index contributed by atoms with van der Waals surface area (Å²) < 4.78 is 13.0. The number of anilines is 1. The van der Waals surface area contributed by atoms with Crippen LogP contribution in [-0.2, 0) is 0 Å². The molecule has 1 unspecified atom stereocenters. The van der Waals surface area contributed by atoms with Crippen LogP contribution in [0.5, 0.6) is 0 Å². The van der Waals surface area contributed by atoms with E-state index in [2.05, 4.69) is 20.5 Å². The number of H-pyrrole nitrogens is 1. The van der Waals surface area contributed by atoms with E-state index in [4.69, 9.17) is 0 Å². The lowest BCUT2D eigenvalue weighted by atomic mass is 9.93.